The summed E-state index contributed by atoms with van der Waals surface area (Å²) in [6.45, 7) is 3.67. The van der Waals surface area contributed by atoms with Gasteiger partial charge in [0.1, 0.15) is 0 Å². The first-order valence-electron chi connectivity index (χ1n) is 7.68. The van der Waals surface area contributed by atoms with Gasteiger partial charge in [0.2, 0.25) is 10.0 Å². The molecule has 0 saturated carbocycles. The minimum Gasteiger partial charge on any atom is -0.389 e. The second-order valence-electron chi connectivity index (χ2n) is 6.21. The van der Waals surface area contributed by atoms with E-state index >= 15 is 0 Å². The molecule has 21 heavy (non-hydrogen) atoms. The van der Waals surface area contributed by atoms with Gasteiger partial charge < -0.3 is 5.11 Å². The molecule has 0 bridgehead atoms. The number of aliphatic hydroxyl groups is 1. The maximum atomic E-state index is 12.3. The molecule has 1 atom stereocenters. The molecule has 4 nitrogen and oxygen atoms in total. The summed E-state index contributed by atoms with van der Waals surface area (Å²) in [5.74, 6) is 0. The van der Waals surface area contributed by atoms with Crippen LogP contribution in [0.5, 0.6) is 0 Å². The standard InChI is InChI=1S/C16H25NO3S/c1-3-10-16(2,18)12-17-21(19,20)15-9-8-13-6-4-5-7-14(13)11-15/h8-9,11,17-18H,3-7,10,12H2,1-2H3. The molecule has 2 N–H and O–H groups in total. The maximum Gasteiger partial charge on any atom is 0.240 e. The van der Waals surface area contributed by atoms with E-state index in [1.165, 1.54) is 12.0 Å². The van der Waals surface area contributed by atoms with Gasteiger partial charge in [-0.25, -0.2) is 13.1 Å². The third-order valence-corrected chi connectivity index (χ3v) is 5.46. The van der Waals surface area contributed by atoms with Gasteiger partial charge in [-0.2, -0.15) is 0 Å². The lowest BCUT2D eigenvalue weighted by atomic mass is 9.92. The third kappa shape index (κ3) is 4.28. The molecule has 0 aromatic heterocycles. The number of benzene rings is 1. The summed E-state index contributed by atoms with van der Waals surface area (Å²) in [4.78, 5) is 0.301. The number of rotatable bonds is 6. The van der Waals surface area contributed by atoms with Crippen molar-refractivity contribution in [2.75, 3.05) is 6.54 Å². The molecule has 118 valence electrons. The second kappa shape index (κ2) is 6.46. The van der Waals surface area contributed by atoms with Gasteiger partial charge in [0, 0.05) is 6.54 Å². The highest BCUT2D eigenvalue weighted by Gasteiger charge is 2.24. The molecule has 0 radical (unpaired) electrons. The topological polar surface area (TPSA) is 66.4 Å². The highest BCUT2D eigenvalue weighted by Crippen LogP contribution is 2.24. The van der Waals surface area contributed by atoms with Crippen LogP contribution in [0.1, 0.15) is 50.7 Å². The minimum atomic E-state index is -3.56. The predicted octanol–water partition coefficient (Wildman–Crippen LogP) is 2.39. The maximum absolute atomic E-state index is 12.3. The first kappa shape index (κ1) is 16.5. The number of fused-ring (bicyclic) bond motifs is 1. The Bertz CT molecular complexity index is 594. The Kier molecular flexibility index (Phi) is 5.07. The van der Waals surface area contributed by atoms with Crippen molar-refractivity contribution in [2.24, 2.45) is 0 Å². The Morgan fingerprint density at radius 3 is 2.57 bits per heavy atom. The monoisotopic (exact) mass is 311 g/mol. The van der Waals surface area contributed by atoms with Crippen molar-refractivity contribution in [2.45, 2.75) is 62.9 Å². The molecule has 1 aliphatic rings. The van der Waals surface area contributed by atoms with E-state index in [0.717, 1.165) is 31.2 Å². The summed E-state index contributed by atoms with van der Waals surface area (Å²) in [5, 5.41) is 10.1. The Labute approximate surface area is 127 Å². The first-order valence-corrected chi connectivity index (χ1v) is 9.16. The molecule has 0 heterocycles. The van der Waals surface area contributed by atoms with E-state index in [-0.39, 0.29) is 6.54 Å². The van der Waals surface area contributed by atoms with Crippen molar-refractivity contribution in [3.8, 4) is 0 Å². The van der Waals surface area contributed by atoms with E-state index in [1.807, 2.05) is 13.0 Å². The average molecular weight is 311 g/mol. The van der Waals surface area contributed by atoms with Gasteiger partial charge in [0.25, 0.3) is 0 Å². The van der Waals surface area contributed by atoms with Crippen molar-refractivity contribution < 1.29 is 13.5 Å². The fourth-order valence-corrected chi connectivity index (χ4v) is 4.05. The van der Waals surface area contributed by atoms with E-state index in [1.54, 1.807) is 19.1 Å². The van der Waals surface area contributed by atoms with Crippen LogP contribution in [0, 0.1) is 0 Å². The summed E-state index contributed by atoms with van der Waals surface area (Å²) in [7, 11) is -3.56. The zero-order chi connectivity index (χ0) is 15.5. The Morgan fingerprint density at radius 1 is 1.24 bits per heavy atom. The van der Waals surface area contributed by atoms with Gasteiger partial charge in [0.15, 0.2) is 0 Å². The van der Waals surface area contributed by atoms with Crippen molar-refractivity contribution in [1.29, 1.82) is 0 Å². The molecule has 0 spiro atoms. The van der Waals surface area contributed by atoms with E-state index in [9.17, 15) is 13.5 Å². The average Bonchev–Trinajstić information content (AvgIpc) is 2.45. The molecule has 1 aliphatic carbocycles. The van der Waals surface area contributed by atoms with Crippen LogP contribution in [-0.2, 0) is 22.9 Å². The fourth-order valence-electron chi connectivity index (χ4n) is 2.84. The van der Waals surface area contributed by atoms with Crippen LogP contribution in [-0.4, -0.2) is 25.7 Å². The van der Waals surface area contributed by atoms with E-state index in [4.69, 9.17) is 0 Å². The lowest BCUT2D eigenvalue weighted by molar-refractivity contribution is 0.0554. The lowest BCUT2D eigenvalue weighted by Gasteiger charge is -2.23. The number of aryl methyl sites for hydroxylation is 2. The summed E-state index contributed by atoms with van der Waals surface area (Å²) < 4.78 is 27.2. The molecule has 2 rings (SSSR count). The van der Waals surface area contributed by atoms with E-state index in [0.29, 0.717) is 11.3 Å². The molecule has 5 heteroatoms. The Morgan fingerprint density at radius 2 is 1.90 bits per heavy atom. The van der Waals surface area contributed by atoms with Crippen molar-refractivity contribution in [1.82, 2.24) is 4.72 Å². The third-order valence-electron chi connectivity index (χ3n) is 4.06. The number of nitrogens with one attached hydrogen (secondary N) is 1. The Hall–Kier alpha value is -0.910. The van der Waals surface area contributed by atoms with Gasteiger partial charge in [-0.05, 0) is 62.3 Å². The van der Waals surface area contributed by atoms with Gasteiger partial charge in [0.05, 0.1) is 10.5 Å². The van der Waals surface area contributed by atoms with Crippen LogP contribution in [0.2, 0.25) is 0 Å². The van der Waals surface area contributed by atoms with Crippen molar-refractivity contribution in [3.63, 3.8) is 0 Å². The quantitative estimate of drug-likeness (QED) is 0.848. The Balaban J connectivity index is 2.12. The highest BCUT2D eigenvalue weighted by molar-refractivity contribution is 7.89. The predicted molar refractivity (Wildman–Crippen MR) is 83.8 cm³/mol. The summed E-state index contributed by atoms with van der Waals surface area (Å²) in [5.41, 5.74) is 1.40. The van der Waals surface area contributed by atoms with Crippen molar-refractivity contribution in [3.05, 3.63) is 29.3 Å². The summed E-state index contributed by atoms with van der Waals surface area (Å²) in [6, 6.07) is 5.37. The largest absolute Gasteiger partial charge is 0.389 e. The minimum absolute atomic E-state index is 0.0419. The van der Waals surface area contributed by atoms with Crippen LogP contribution in [0.25, 0.3) is 0 Å². The molecular weight excluding hydrogens is 286 g/mol. The number of hydrogen-bond donors (Lipinski definition) is 2. The van der Waals surface area contributed by atoms with Crippen LogP contribution in [0.4, 0.5) is 0 Å². The number of sulfonamides is 1. The molecule has 1 aromatic rings. The normalized spacial score (nSPS) is 18.0. The zero-order valence-electron chi connectivity index (χ0n) is 12.9. The van der Waals surface area contributed by atoms with Crippen molar-refractivity contribution >= 4 is 10.0 Å². The van der Waals surface area contributed by atoms with E-state index in [2.05, 4.69) is 4.72 Å². The summed E-state index contributed by atoms with van der Waals surface area (Å²) >= 11 is 0. The smallest absolute Gasteiger partial charge is 0.240 e. The molecule has 1 aromatic carbocycles. The first-order chi connectivity index (χ1) is 9.84. The van der Waals surface area contributed by atoms with Gasteiger partial charge in [-0.15, -0.1) is 0 Å². The lowest BCUT2D eigenvalue weighted by Crippen LogP contribution is -2.40. The summed E-state index contributed by atoms with van der Waals surface area (Å²) in [6.07, 6.45) is 5.67. The van der Waals surface area contributed by atoms with Crippen LogP contribution in [0.15, 0.2) is 23.1 Å². The zero-order valence-corrected chi connectivity index (χ0v) is 13.7. The highest BCUT2D eigenvalue weighted by atomic mass is 32.2. The molecule has 1 unspecified atom stereocenters. The molecule has 0 saturated heterocycles. The van der Waals surface area contributed by atoms with Gasteiger partial charge >= 0.3 is 0 Å². The van der Waals surface area contributed by atoms with Crippen LogP contribution in [0.3, 0.4) is 0 Å². The molecule has 0 fully saturated rings. The van der Waals surface area contributed by atoms with Crippen LogP contribution < -0.4 is 4.72 Å². The van der Waals surface area contributed by atoms with E-state index < -0.39 is 15.6 Å². The molecule has 0 aliphatic heterocycles. The molecule has 0 amide bonds. The van der Waals surface area contributed by atoms with Gasteiger partial charge in [-0.1, -0.05) is 19.4 Å². The SMILES string of the molecule is CCCC(C)(O)CNS(=O)(=O)c1ccc2c(c1)CCCC2. The fraction of sp³-hybridized carbons (Fsp3) is 0.625. The molecular formula is C16H25NO3S. The number of hydrogen-bond acceptors (Lipinski definition) is 3. The van der Waals surface area contributed by atoms with Crippen LogP contribution >= 0.6 is 0 Å². The van der Waals surface area contributed by atoms with Gasteiger partial charge in [-0.3, -0.25) is 0 Å². The second-order valence-corrected chi connectivity index (χ2v) is 7.98.